The lowest BCUT2D eigenvalue weighted by Crippen LogP contribution is -2.18. The first kappa shape index (κ1) is 23.4. The quantitative estimate of drug-likeness (QED) is 0.196. The summed E-state index contributed by atoms with van der Waals surface area (Å²) < 4.78 is 11.5. The molecule has 0 aliphatic heterocycles. The number of hydrogen-bond donors (Lipinski definition) is 0. The van der Waals surface area contributed by atoms with E-state index in [-0.39, 0.29) is 28.3 Å². The Labute approximate surface area is 201 Å². The number of rotatable bonds is 8. The van der Waals surface area contributed by atoms with E-state index in [1.807, 2.05) is 24.3 Å². The predicted molar refractivity (Wildman–Crippen MR) is 131 cm³/mol. The van der Waals surface area contributed by atoms with Gasteiger partial charge >= 0.3 is 11.4 Å². The lowest BCUT2D eigenvalue weighted by molar-refractivity contribution is -0.385. The molecule has 8 heteroatoms. The summed E-state index contributed by atoms with van der Waals surface area (Å²) in [5.74, 6) is 1.34. The number of nitro groups is 2. The Bertz CT molecular complexity index is 1260. The Morgan fingerprint density at radius 3 is 1.26 bits per heavy atom. The van der Waals surface area contributed by atoms with Gasteiger partial charge < -0.3 is 9.47 Å². The van der Waals surface area contributed by atoms with E-state index in [2.05, 4.69) is 13.8 Å². The Morgan fingerprint density at radius 2 is 0.914 bits per heavy atom. The van der Waals surface area contributed by atoms with Gasteiger partial charge in [-0.1, -0.05) is 62.4 Å². The third-order valence-electron chi connectivity index (χ3n) is 5.73. The molecule has 176 valence electrons. The smallest absolute Gasteiger partial charge is 0.311 e. The topological polar surface area (TPSA) is 105 Å². The first-order chi connectivity index (χ1) is 16.8. The highest BCUT2D eigenvalue weighted by Gasteiger charge is 2.24. The number of nitrogens with zero attached hydrogens (tertiary/aromatic N) is 2. The molecular weight excluding hydrogens is 448 g/mol. The average molecular weight is 470 g/mol. The van der Waals surface area contributed by atoms with E-state index in [1.165, 1.54) is 12.1 Å². The minimum Gasteiger partial charge on any atom is -0.450 e. The summed E-state index contributed by atoms with van der Waals surface area (Å²) in [6, 6.07) is 27.3. The second kappa shape index (κ2) is 9.64. The normalized spacial score (nSPS) is 11.0. The number of nitro benzene ring substituents is 2. The second-order valence-electron chi connectivity index (χ2n) is 8.33. The third-order valence-corrected chi connectivity index (χ3v) is 5.73. The molecule has 0 fully saturated rings. The van der Waals surface area contributed by atoms with E-state index < -0.39 is 9.85 Å². The van der Waals surface area contributed by atoms with Crippen LogP contribution in [0.25, 0.3) is 0 Å². The molecule has 0 aliphatic rings. The molecule has 0 saturated heterocycles. The average Bonchev–Trinajstić information content (AvgIpc) is 2.85. The largest absolute Gasteiger partial charge is 0.450 e. The van der Waals surface area contributed by atoms with Gasteiger partial charge in [-0.3, -0.25) is 20.2 Å². The van der Waals surface area contributed by atoms with E-state index >= 15 is 0 Å². The molecule has 0 N–H and O–H groups in total. The molecule has 0 bridgehead atoms. The molecule has 0 aliphatic carbocycles. The summed E-state index contributed by atoms with van der Waals surface area (Å²) >= 11 is 0. The summed E-state index contributed by atoms with van der Waals surface area (Å²) in [6.45, 7) is 4.14. The van der Waals surface area contributed by atoms with Crippen molar-refractivity contribution in [1.82, 2.24) is 0 Å². The zero-order valence-electron chi connectivity index (χ0n) is 19.1. The second-order valence-corrected chi connectivity index (χ2v) is 8.33. The van der Waals surface area contributed by atoms with E-state index in [4.69, 9.17) is 9.47 Å². The van der Waals surface area contributed by atoms with Crippen molar-refractivity contribution in [3.05, 3.63) is 128 Å². The monoisotopic (exact) mass is 470 g/mol. The van der Waals surface area contributed by atoms with Crippen LogP contribution in [0.2, 0.25) is 0 Å². The molecular formula is C27H22N2O6. The summed E-state index contributed by atoms with van der Waals surface area (Å²) in [7, 11) is 0. The van der Waals surface area contributed by atoms with Crippen LogP contribution in [0.3, 0.4) is 0 Å². The highest BCUT2D eigenvalue weighted by molar-refractivity contribution is 5.50. The van der Waals surface area contributed by atoms with Crippen LogP contribution in [0, 0.1) is 20.2 Å². The molecule has 0 spiro atoms. The first-order valence-corrected chi connectivity index (χ1v) is 10.8. The molecule has 0 unspecified atom stereocenters. The number of ether oxygens (including phenoxy) is 2. The van der Waals surface area contributed by atoms with Crippen molar-refractivity contribution in [2.75, 3.05) is 0 Å². The van der Waals surface area contributed by atoms with Gasteiger partial charge in [0.15, 0.2) is 0 Å². The molecule has 0 atom stereocenters. The van der Waals surface area contributed by atoms with Gasteiger partial charge in [0.05, 0.1) is 9.85 Å². The van der Waals surface area contributed by atoms with Gasteiger partial charge in [-0.25, -0.2) is 0 Å². The molecule has 0 amide bonds. The molecule has 0 radical (unpaired) electrons. The predicted octanol–water partition coefficient (Wildman–Crippen LogP) is 7.41. The van der Waals surface area contributed by atoms with Gasteiger partial charge in [-0.2, -0.15) is 0 Å². The number of para-hydroxylation sites is 4. The van der Waals surface area contributed by atoms with Crippen molar-refractivity contribution in [3.63, 3.8) is 0 Å². The van der Waals surface area contributed by atoms with Crippen LogP contribution in [0.5, 0.6) is 23.0 Å². The zero-order valence-corrected chi connectivity index (χ0v) is 19.1. The Kier molecular flexibility index (Phi) is 6.46. The van der Waals surface area contributed by atoms with Crippen LogP contribution in [0.15, 0.2) is 97.1 Å². The Balaban J connectivity index is 1.51. The first-order valence-electron chi connectivity index (χ1n) is 10.8. The van der Waals surface area contributed by atoms with Gasteiger partial charge in [0.1, 0.15) is 11.5 Å². The SMILES string of the molecule is CC(C)(c1ccc(Oc2ccccc2[N+](=O)[O-])cc1)c1ccc(Oc2ccccc2[N+](=O)[O-])cc1. The summed E-state index contributed by atoms with van der Waals surface area (Å²) in [5, 5.41) is 22.4. The standard InChI is InChI=1S/C27H22N2O6/c1-27(2,19-11-15-21(16-12-19)34-25-9-5-3-7-23(25)28(30)31)20-13-17-22(18-14-20)35-26-10-6-4-8-24(26)29(32)33/h3-18H,1-2H3. The van der Waals surface area contributed by atoms with Crippen LogP contribution < -0.4 is 9.47 Å². The Hall–Kier alpha value is -4.72. The van der Waals surface area contributed by atoms with Crippen molar-refractivity contribution < 1.29 is 19.3 Å². The van der Waals surface area contributed by atoms with Gasteiger partial charge in [0.25, 0.3) is 0 Å². The van der Waals surface area contributed by atoms with Crippen LogP contribution in [0.1, 0.15) is 25.0 Å². The van der Waals surface area contributed by atoms with Gasteiger partial charge in [-0.15, -0.1) is 0 Å². The van der Waals surface area contributed by atoms with E-state index in [9.17, 15) is 20.2 Å². The molecule has 0 heterocycles. The Morgan fingerprint density at radius 1 is 0.571 bits per heavy atom. The fourth-order valence-electron chi connectivity index (χ4n) is 3.69. The minimum atomic E-state index is -0.476. The summed E-state index contributed by atoms with van der Waals surface area (Å²) in [5.41, 5.74) is 1.47. The highest BCUT2D eigenvalue weighted by Crippen LogP contribution is 2.37. The van der Waals surface area contributed by atoms with Gasteiger partial charge in [0.2, 0.25) is 11.5 Å². The van der Waals surface area contributed by atoms with Crippen LogP contribution in [-0.2, 0) is 5.41 Å². The van der Waals surface area contributed by atoms with Crippen LogP contribution in [0.4, 0.5) is 11.4 Å². The van der Waals surface area contributed by atoms with E-state index in [0.29, 0.717) is 11.5 Å². The van der Waals surface area contributed by atoms with Crippen LogP contribution >= 0.6 is 0 Å². The van der Waals surface area contributed by atoms with Gasteiger partial charge in [0, 0.05) is 17.5 Å². The molecule has 8 nitrogen and oxygen atoms in total. The molecule has 4 aromatic rings. The van der Waals surface area contributed by atoms with Crippen molar-refractivity contribution >= 4 is 11.4 Å². The van der Waals surface area contributed by atoms with Crippen molar-refractivity contribution in [3.8, 4) is 23.0 Å². The number of hydrogen-bond acceptors (Lipinski definition) is 6. The molecule has 0 aromatic heterocycles. The van der Waals surface area contributed by atoms with E-state index in [0.717, 1.165) is 11.1 Å². The fraction of sp³-hybridized carbons (Fsp3) is 0.111. The van der Waals surface area contributed by atoms with Crippen molar-refractivity contribution in [2.45, 2.75) is 19.3 Å². The maximum Gasteiger partial charge on any atom is 0.311 e. The minimum absolute atomic E-state index is 0.0972. The fourth-order valence-corrected chi connectivity index (χ4v) is 3.69. The third kappa shape index (κ3) is 5.11. The van der Waals surface area contributed by atoms with Crippen molar-refractivity contribution in [2.24, 2.45) is 0 Å². The van der Waals surface area contributed by atoms with Crippen molar-refractivity contribution in [1.29, 1.82) is 0 Å². The molecule has 35 heavy (non-hydrogen) atoms. The highest BCUT2D eigenvalue weighted by atomic mass is 16.6. The molecule has 0 saturated carbocycles. The molecule has 4 rings (SSSR count). The molecule has 4 aromatic carbocycles. The maximum atomic E-state index is 11.2. The zero-order chi connectivity index (χ0) is 25.0. The summed E-state index contributed by atoms with van der Waals surface area (Å²) in [4.78, 5) is 21.5. The summed E-state index contributed by atoms with van der Waals surface area (Å²) in [6.07, 6.45) is 0. The van der Waals surface area contributed by atoms with Gasteiger partial charge in [-0.05, 0) is 47.5 Å². The van der Waals surface area contributed by atoms with Crippen LogP contribution in [-0.4, -0.2) is 9.85 Å². The lowest BCUT2D eigenvalue weighted by atomic mass is 9.78. The maximum absolute atomic E-state index is 11.2. The lowest BCUT2D eigenvalue weighted by Gasteiger charge is -2.26. The number of benzene rings is 4. The van der Waals surface area contributed by atoms with E-state index in [1.54, 1.807) is 60.7 Å².